The van der Waals surface area contributed by atoms with Crippen molar-refractivity contribution in [2.75, 3.05) is 18.0 Å². The standard InChI is InChI=1S/C18H22FN3O/c1-3-11-6-14-17(15(19)16(11)21-8-12(20)9-21)22(13-4-5-13)7-10(2)18(14)23/h6-7,12-13H,3-5,8-9,20H2,1-2H3. The molecule has 2 fully saturated rings. The van der Waals surface area contributed by atoms with E-state index < -0.39 is 0 Å². The summed E-state index contributed by atoms with van der Waals surface area (Å²) in [6, 6.07) is 2.33. The fourth-order valence-electron chi connectivity index (χ4n) is 3.60. The van der Waals surface area contributed by atoms with Crippen LogP contribution in [0.2, 0.25) is 0 Å². The van der Waals surface area contributed by atoms with Crippen molar-refractivity contribution < 1.29 is 4.39 Å². The SMILES string of the molecule is CCc1cc2c(=O)c(C)cn(C3CC3)c2c(F)c1N1CC(N)C1. The number of benzene rings is 1. The van der Waals surface area contributed by atoms with Crippen molar-refractivity contribution in [1.29, 1.82) is 0 Å². The quantitative estimate of drug-likeness (QED) is 0.947. The summed E-state index contributed by atoms with van der Waals surface area (Å²) in [6.45, 7) is 5.16. The van der Waals surface area contributed by atoms with E-state index in [2.05, 4.69) is 0 Å². The molecule has 0 bridgehead atoms. The van der Waals surface area contributed by atoms with Gasteiger partial charge in [0.15, 0.2) is 11.2 Å². The van der Waals surface area contributed by atoms with Gasteiger partial charge in [0.2, 0.25) is 0 Å². The Morgan fingerprint density at radius 2 is 2.04 bits per heavy atom. The van der Waals surface area contributed by atoms with Gasteiger partial charge in [-0.3, -0.25) is 4.79 Å². The van der Waals surface area contributed by atoms with Crippen LogP contribution in [-0.4, -0.2) is 23.7 Å². The van der Waals surface area contributed by atoms with Crippen molar-refractivity contribution in [3.8, 4) is 0 Å². The van der Waals surface area contributed by atoms with Crippen molar-refractivity contribution in [3.05, 3.63) is 39.4 Å². The van der Waals surface area contributed by atoms with E-state index in [1.807, 2.05) is 35.6 Å². The first-order chi connectivity index (χ1) is 11.0. The highest BCUT2D eigenvalue weighted by Crippen LogP contribution is 2.40. The first-order valence-electron chi connectivity index (χ1n) is 8.38. The van der Waals surface area contributed by atoms with Gasteiger partial charge in [-0.05, 0) is 37.8 Å². The second kappa shape index (κ2) is 5.06. The Morgan fingerprint density at radius 1 is 1.35 bits per heavy atom. The molecule has 0 radical (unpaired) electrons. The van der Waals surface area contributed by atoms with Gasteiger partial charge in [0.1, 0.15) is 0 Å². The molecule has 23 heavy (non-hydrogen) atoms. The number of hydrogen-bond donors (Lipinski definition) is 1. The lowest BCUT2D eigenvalue weighted by Gasteiger charge is -2.40. The normalized spacial score (nSPS) is 18.5. The molecular weight excluding hydrogens is 293 g/mol. The van der Waals surface area contributed by atoms with E-state index in [4.69, 9.17) is 5.73 Å². The molecule has 1 saturated carbocycles. The van der Waals surface area contributed by atoms with Gasteiger partial charge in [0.25, 0.3) is 0 Å². The summed E-state index contributed by atoms with van der Waals surface area (Å²) in [7, 11) is 0. The molecule has 4 rings (SSSR count). The zero-order valence-electron chi connectivity index (χ0n) is 13.6. The van der Waals surface area contributed by atoms with E-state index in [9.17, 15) is 4.79 Å². The highest BCUT2D eigenvalue weighted by atomic mass is 19.1. The van der Waals surface area contributed by atoms with E-state index in [1.54, 1.807) is 0 Å². The minimum Gasteiger partial charge on any atom is -0.366 e. The van der Waals surface area contributed by atoms with Gasteiger partial charge >= 0.3 is 0 Å². The molecule has 0 unspecified atom stereocenters. The number of nitrogens with zero attached hydrogens (tertiary/aromatic N) is 2. The minimum atomic E-state index is -0.254. The lowest BCUT2D eigenvalue weighted by molar-refractivity contribution is 0.503. The van der Waals surface area contributed by atoms with E-state index >= 15 is 4.39 Å². The molecule has 5 heteroatoms. The predicted molar refractivity (Wildman–Crippen MR) is 90.7 cm³/mol. The number of pyridine rings is 1. The summed E-state index contributed by atoms with van der Waals surface area (Å²) in [5.74, 6) is -0.254. The van der Waals surface area contributed by atoms with Crippen LogP contribution in [0, 0.1) is 12.7 Å². The maximum atomic E-state index is 15.4. The molecule has 1 aromatic carbocycles. The van der Waals surface area contributed by atoms with E-state index in [1.165, 1.54) is 0 Å². The van der Waals surface area contributed by atoms with Crippen LogP contribution in [0.25, 0.3) is 10.9 Å². The van der Waals surface area contributed by atoms with Crippen LogP contribution in [0.1, 0.15) is 36.9 Å². The van der Waals surface area contributed by atoms with E-state index in [0.717, 1.165) is 18.4 Å². The monoisotopic (exact) mass is 315 g/mol. The molecule has 1 aliphatic carbocycles. The number of nitrogens with two attached hydrogens (primary N) is 1. The van der Waals surface area contributed by atoms with Crippen LogP contribution in [0.15, 0.2) is 17.1 Å². The molecule has 122 valence electrons. The Morgan fingerprint density at radius 3 is 2.61 bits per heavy atom. The van der Waals surface area contributed by atoms with Gasteiger partial charge in [-0.2, -0.15) is 0 Å². The number of aryl methyl sites for hydroxylation is 2. The molecule has 0 atom stereocenters. The number of aromatic nitrogens is 1. The summed E-state index contributed by atoms with van der Waals surface area (Å²) in [5.41, 5.74) is 8.50. The first kappa shape index (κ1) is 14.7. The van der Waals surface area contributed by atoms with Crippen molar-refractivity contribution in [3.63, 3.8) is 0 Å². The summed E-state index contributed by atoms with van der Waals surface area (Å²) in [4.78, 5) is 14.5. The van der Waals surface area contributed by atoms with Crippen molar-refractivity contribution in [2.45, 2.75) is 45.2 Å². The molecule has 1 aromatic heterocycles. The number of hydrogen-bond acceptors (Lipinski definition) is 3. The topological polar surface area (TPSA) is 51.3 Å². The average molecular weight is 315 g/mol. The Hall–Kier alpha value is -1.88. The Labute approximate surface area is 134 Å². The van der Waals surface area contributed by atoms with Gasteiger partial charge in [0, 0.05) is 42.3 Å². The van der Waals surface area contributed by atoms with Crippen molar-refractivity contribution >= 4 is 16.6 Å². The molecule has 4 nitrogen and oxygen atoms in total. The zero-order valence-corrected chi connectivity index (χ0v) is 13.6. The average Bonchev–Trinajstić information content (AvgIpc) is 3.32. The highest BCUT2D eigenvalue weighted by molar-refractivity contribution is 5.86. The van der Waals surface area contributed by atoms with Gasteiger partial charge in [-0.1, -0.05) is 6.92 Å². The van der Waals surface area contributed by atoms with Crippen LogP contribution in [0.5, 0.6) is 0 Å². The number of anilines is 1. The summed E-state index contributed by atoms with van der Waals surface area (Å²) in [5, 5.41) is 0.514. The van der Waals surface area contributed by atoms with E-state index in [0.29, 0.717) is 47.7 Å². The molecular formula is C18H22FN3O. The molecule has 0 spiro atoms. The van der Waals surface area contributed by atoms with Gasteiger partial charge < -0.3 is 15.2 Å². The maximum absolute atomic E-state index is 15.4. The van der Waals surface area contributed by atoms with Gasteiger partial charge in [0.05, 0.1) is 11.2 Å². The van der Waals surface area contributed by atoms with Crippen LogP contribution in [-0.2, 0) is 6.42 Å². The molecule has 1 aliphatic heterocycles. The Balaban J connectivity index is 2.03. The Bertz CT molecular complexity index is 848. The first-order valence-corrected chi connectivity index (χ1v) is 8.38. The van der Waals surface area contributed by atoms with Crippen LogP contribution >= 0.6 is 0 Å². The van der Waals surface area contributed by atoms with Crippen LogP contribution < -0.4 is 16.1 Å². The highest BCUT2D eigenvalue weighted by Gasteiger charge is 2.32. The number of rotatable bonds is 3. The second-order valence-corrected chi connectivity index (χ2v) is 6.89. The van der Waals surface area contributed by atoms with Crippen LogP contribution in [0.3, 0.4) is 0 Å². The number of halogens is 1. The third-order valence-corrected chi connectivity index (χ3v) is 5.03. The van der Waals surface area contributed by atoms with E-state index in [-0.39, 0.29) is 17.3 Å². The lowest BCUT2D eigenvalue weighted by Crippen LogP contribution is -2.56. The third-order valence-electron chi connectivity index (χ3n) is 5.03. The molecule has 0 amide bonds. The fraction of sp³-hybridized carbons (Fsp3) is 0.500. The van der Waals surface area contributed by atoms with Crippen molar-refractivity contribution in [2.24, 2.45) is 5.73 Å². The molecule has 2 N–H and O–H groups in total. The second-order valence-electron chi connectivity index (χ2n) is 6.89. The molecule has 2 heterocycles. The van der Waals surface area contributed by atoms with Crippen molar-refractivity contribution in [1.82, 2.24) is 4.57 Å². The number of fused-ring (bicyclic) bond motifs is 1. The Kier molecular flexibility index (Phi) is 3.23. The van der Waals surface area contributed by atoms with Crippen LogP contribution in [0.4, 0.5) is 10.1 Å². The zero-order chi connectivity index (χ0) is 16.3. The van der Waals surface area contributed by atoms with Gasteiger partial charge in [-0.15, -0.1) is 0 Å². The lowest BCUT2D eigenvalue weighted by atomic mass is 9.99. The maximum Gasteiger partial charge on any atom is 0.192 e. The van der Waals surface area contributed by atoms with Gasteiger partial charge in [-0.25, -0.2) is 4.39 Å². The predicted octanol–water partition coefficient (Wildman–Crippen LogP) is 2.49. The smallest absolute Gasteiger partial charge is 0.192 e. The molecule has 2 aliphatic rings. The minimum absolute atomic E-state index is 0.0580. The summed E-state index contributed by atoms with van der Waals surface area (Å²) >= 11 is 0. The third kappa shape index (κ3) is 2.17. The summed E-state index contributed by atoms with van der Waals surface area (Å²) < 4.78 is 17.4. The molecule has 1 saturated heterocycles. The summed E-state index contributed by atoms with van der Waals surface area (Å²) in [6.07, 6.45) is 4.62. The fourth-order valence-corrected chi connectivity index (χ4v) is 3.60. The largest absolute Gasteiger partial charge is 0.366 e. The molecule has 2 aromatic rings.